The van der Waals surface area contributed by atoms with Crippen molar-refractivity contribution < 1.29 is 9.59 Å². The van der Waals surface area contributed by atoms with Crippen molar-refractivity contribution in [2.75, 3.05) is 39.3 Å². The molecule has 0 aromatic carbocycles. The Morgan fingerprint density at radius 2 is 1.47 bits per heavy atom. The molecule has 0 aromatic rings. The number of rotatable bonds is 11. The molecule has 17 heavy (non-hydrogen) atoms. The Kier molecular flexibility index (Phi) is 9.31. The van der Waals surface area contributed by atoms with Crippen molar-refractivity contribution in [1.82, 2.24) is 10.2 Å². The van der Waals surface area contributed by atoms with Crippen molar-refractivity contribution in [1.29, 1.82) is 0 Å². The molecule has 0 radical (unpaired) electrons. The number of carbonyl (C=O) groups excluding carboxylic acids is 2. The molecular formula is C10H23N5O2. The van der Waals surface area contributed by atoms with Crippen LogP contribution in [-0.4, -0.2) is 56.0 Å². The predicted octanol–water partition coefficient (Wildman–Crippen LogP) is -2.41. The second kappa shape index (κ2) is 10.0. The van der Waals surface area contributed by atoms with Gasteiger partial charge in [0.25, 0.3) is 0 Å². The minimum Gasteiger partial charge on any atom is -0.370 e. The summed E-state index contributed by atoms with van der Waals surface area (Å²) in [6.07, 6.45) is 0.575. The van der Waals surface area contributed by atoms with Gasteiger partial charge < -0.3 is 27.4 Å². The van der Waals surface area contributed by atoms with Crippen LogP contribution < -0.4 is 22.5 Å². The van der Waals surface area contributed by atoms with E-state index in [9.17, 15) is 9.59 Å². The van der Waals surface area contributed by atoms with Crippen LogP contribution >= 0.6 is 0 Å². The van der Waals surface area contributed by atoms with Gasteiger partial charge in [0, 0.05) is 52.1 Å². The lowest BCUT2D eigenvalue weighted by Crippen LogP contribution is -2.37. The van der Waals surface area contributed by atoms with Gasteiger partial charge >= 0.3 is 0 Å². The van der Waals surface area contributed by atoms with Crippen molar-refractivity contribution in [3.63, 3.8) is 0 Å². The standard InChI is InChI=1S/C10H23N5O2/c11-3-4-14-5-8-15(6-1-9(12)16)7-2-10(13)17/h14H,1-8,11H2,(H2,12,16)(H2,13,17). The molecule has 0 atom stereocenters. The Bertz CT molecular complexity index is 217. The fourth-order valence-corrected chi connectivity index (χ4v) is 1.34. The van der Waals surface area contributed by atoms with Crippen molar-refractivity contribution in [3.8, 4) is 0 Å². The fraction of sp³-hybridized carbons (Fsp3) is 0.800. The molecule has 0 fully saturated rings. The highest BCUT2D eigenvalue weighted by Crippen LogP contribution is 1.93. The van der Waals surface area contributed by atoms with Crippen LogP contribution in [0.4, 0.5) is 0 Å². The molecule has 7 nitrogen and oxygen atoms in total. The predicted molar refractivity (Wildman–Crippen MR) is 66.0 cm³/mol. The van der Waals surface area contributed by atoms with Crippen molar-refractivity contribution in [2.45, 2.75) is 12.8 Å². The minimum atomic E-state index is -0.344. The molecule has 0 heterocycles. The highest BCUT2D eigenvalue weighted by molar-refractivity contribution is 5.74. The van der Waals surface area contributed by atoms with Crippen molar-refractivity contribution in [2.24, 2.45) is 17.2 Å². The van der Waals surface area contributed by atoms with E-state index in [1.54, 1.807) is 0 Å². The van der Waals surface area contributed by atoms with E-state index in [-0.39, 0.29) is 24.7 Å². The summed E-state index contributed by atoms with van der Waals surface area (Å²) in [7, 11) is 0. The van der Waals surface area contributed by atoms with Gasteiger partial charge in [0.2, 0.25) is 11.8 Å². The maximum Gasteiger partial charge on any atom is 0.218 e. The number of nitrogens with zero attached hydrogens (tertiary/aromatic N) is 1. The smallest absolute Gasteiger partial charge is 0.218 e. The third-order valence-corrected chi connectivity index (χ3v) is 2.27. The number of primary amides is 2. The zero-order valence-corrected chi connectivity index (χ0v) is 10.2. The van der Waals surface area contributed by atoms with Crippen LogP contribution in [0.25, 0.3) is 0 Å². The molecule has 2 amide bonds. The zero-order chi connectivity index (χ0) is 13.1. The zero-order valence-electron chi connectivity index (χ0n) is 10.2. The maximum absolute atomic E-state index is 10.7. The van der Waals surface area contributed by atoms with E-state index < -0.39 is 0 Å². The lowest BCUT2D eigenvalue weighted by Gasteiger charge is -2.21. The van der Waals surface area contributed by atoms with Crippen LogP contribution in [0.3, 0.4) is 0 Å². The molecule has 0 aliphatic carbocycles. The van der Waals surface area contributed by atoms with E-state index in [0.29, 0.717) is 19.6 Å². The molecule has 100 valence electrons. The SMILES string of the molecule is NCCNCCN(CCC(N)=O)CCC(N)=O. The molecule has 0 aliphatic heterocycles. The Hall–Kier alpha value is -1.18. The van der Waals surface area contributed by atoms with E-state index in [2.05, 4.69) is 5.32 Å². The molecule has 0 saturated carbocycles. The van der Waals surface area contributed by atoms with Gasteiger partial charge in [-0.25, -0.2) is 0 Å². The van der Waals surface area contributed by atoms with Crippen LogP contribution in [-0.2, 0) is 9.59 Å². The number of hydrogen-bond acceptors (Lipinski definition) is 5. The summed E-state index contributed by atoms with van der Waals surface area (Å²) >= 11 is 0. The first kappa shape index (κ1) is 15.8. The second-order valence-corrected chi connectivity index (χ2v) is 3.81. The van der Waals surface area contributed by atoms with Gasteiger partial charge in [0.05, 0.1) is 0 Å². The summed E-state index contributed by atoms with van der Waals surface area (Å²) in [5, 5.41) is 3.14. The van der Waals surface area contributed by atoms with Gasteiger partial charge in [0.1, 0.15) is 0 Å². The Balaban J connectivity index is 3.83. The molecule has 7 heteroatoms. The van der Waals surface area contributed by atoms with Gasteiger partial charge in [-0.05, 0) is 0 Å². The van der Waals surface area contributed by atoms with E-state index in [4.69, 9.17) is 17.2 Å². The maximum atomic E-state index is 10.7. The normalized spacial score (nSPS) is 10.7. The number of nitrogens with one attached hydrogen (secondary N) is 1. The van der Waals surface area contributed by atoms with E-state index in [1.165, 1.54) is 0 Å². The summed E-state index contributed by atoms with van der Waals surface area (Å²) in [4.78, 5) is 23.4. The molecule has 0 bridgehead atoms. The van der Waals surface area contributed by atoms with Crippen LogP contribution in [0.5, 0.6) is 0 Å². The van der Waals surface area contributed by atoms with Crippen LogP contribution in [0, 0.1) is 0 Å². The third-order valence-electron chi connectivity index (χ3n) is 2.27. The molecule has 0 unspecified atom stereocenters. The van der Waals surface area contributed by atoms with Crippen LogP contribution in [0.1, 0.15) is 12.8 Å². The van der Waals surface area contributed by atoms with Crippen LogP contribution in [0.15, 0.2) is 0 Å². The summed E-state index contributed by atoms with van der Waals surface area (Å²) in [5.41, 5.74) is 15.5. The number of carbonyl (C=O) groups is 2. The monoisotopic (exact) mass is 245 g/mol. The third kappa shape index (κ3) is 11.1. The minimum absolute atomic E-state index is 0.287. The van der Waals surface area contributed by atoms with E-state index in [0.717, 1.165) is 19.6 Å². The molecular weight excluding hydrogens is 222 g/mol. The Morgan fingerprint density at radius 1 is 0.941 bits per heavy atom. The first-order valence-electron chi connectivity index (χ1n) is 5.76. The highest BCUT2D eigenvalue weighted by atomic mass is 16.1. The molecule has 0 rings (SSSR count). The van der Waals surface area contributed by atoms with Gasteiger partial charge in [0.15, 0.2) is 0 Å². The summed E-state index contributed by atoms with van der Waals surface area (Å²) in [5.74, 6) is -0.687. The quantitative estimate of drug-likeness (QED) is 0.301. The van der Waals surface area contributed by atoms with E-state index >= 15 is 0 Å². The molecule has 0 spiro atoms. The average Bonchev–Trinajstić information content (AvgIpc) is 2.26. The first-order valence-corrected chi connectivity index (χ1v) is 5.76. The first-order chi connectivity index (χ1) is 8.06. The molecule has 0 saturated heterocycles. The summed E-state index contributed by atoms with van der Waals surface area (Å²) < 4.78 is 0. The summed E-state index contributed by atoms with van der Waals surface area (Å²) in [6.45, 7) is 3.93. The number of amides is 2. The molecule has 7 N–H and O–H groups in total. The molecule has 0 aromatic heterocycles. The van der Waals surface area contributed by atoms with E-state index in [1.807, 2.05) is 4.90 Å². The van der Waals surface area contributed by atoms with Gasteiger partial charge in [-0.3, -0.25) is 9.59 Å². The largest absolute Gasteiger partial charge is 0.370 e. The highest BCUT2D eigenvalue weighted by Gasteiger charge is 2.07. The molecule has 0 aliphatic rings. The second-order valence-electron chi connectivity index (χ2n) is 3.81. The topological polar surface area (TPSA) is 127 Å². The lowest BCUT2D eigenvalue weighted by atomic mass is 10.3. The van der Waals surface area contributed by atoms with Gasteiger partial charge in [-0.15, -0.1) is 0 Å². The lowest BCUT2D eigenvalue weighted by molar-refractivity contribution is -0.118. The Labute approximate surface area is 102 Å². The summed E-state index contributed by atoms with van der Waals surface area (Å²) in [6, 6.07) is 0. The fourth-order valence-electron chi connectivity index (χ4n) is 1.34. The number of nitrogens with two attached hydrogens (primary N) is 3. The Morgan fingerprint density at radius 3 is 1.88 bits per heavy atom. The average molecular weight is 245 g/mol. The number of hydrogen-bond donors (Lipinski definition) is 4. The van der Waals surface area contributed by atoms with Crippen molar-refractivity contribution in [3.05, 3.63) is 0 Å². The van der Waals surface area contributed by atoms with Crippen molar-refractivity contribution >= 4 is 11.8 Å². The van der Waals surface area contributed by atoms with Crippen LogP contribution in [0.2, 0.25) is 0 Å². The van der Waals surface area contributed by atoms with Gasteiger partial charge in [-0.1, -0.05) is 0 Å². The van der Waals surface area contributed by atoms with Gasteiger partial charge in [-0.2, -0.15) is 0 Å².